The summed E-state index contributed by atoms with van der Waals surface area (Å²) in [6.07, 6.45) is 1.24. The molecule has 0 aliphatic rings. The molecule has 1 rings (SSSR count). The number of aryl methyl sites for hydroxylation is 2. The minimum Gasteiger partial charge on any atom is -0.345 e. The highest BCUT2D eigenvalue weighted by Gasteiger charge is 2.16. The lowest BCUT2D eigenvalue weighted by atomic mass is 10.0. The van der Waals surface area contributed by atoms with Crippen molar-refractivity contribution in [1.29, 1.82) is 0 Å². The fourth-order valence-electron chi connectivity index (χ4n) is 2.48. The molecule has 92 valence electrons. The second-order valence-electron chi connectivity index (χ2n) is 5.53. The van der Waals surface area contributed by atoms with Gasteiger partial charge in [-0.25, -0.2) is 0 Å². The number of hydrogen-bond donors (Lipinski definition) is 0. The average molecular weight is 222 g/mol. The summed E-state index contributed by atoms with van der Waals surface area (Å²) in [4.78, 5) is 2.28. The maximum Gasteiger partial charge on any atom is 0.0465 e. The first-order valence-corrected chi connectivity index (χ1v) is 6.21. The van der Waals surface area contributed by atoms with Crippen LogP contribution in [0.3, 0.4) is 0 Å². The van der Waals surface area contributed by atoms with Gasteiger partial charge in [0.2, 0.25) is 0 Å². The van der Waals surface area contributed by atoms with E-state index in [2.05, 4.69) is 63.4 Å². The van der Waals surface area contributed by atoms with Crippen LogP contribution in [0.4, 0.5) is 0 Å². The molecule has 16 heavy (non-hydrogen) atoms. The second kappa shape index (κ2) is 5.53. The molecule has 0 amide bonds. The molecule has 1 aromatic heterocycles. The molecule has 0 fully saturated rings. The molecule has 0 aliphatic heterocycles. The van der Waals surface area contributed by atoms with Gasteiger partial charge in [0.15, 0.2) is 0 Å². The Morgan fingerprint density at radius 2 is 1.62 bits per heavy atom. The van der Waals surface area contributed by atoms with E-state index in [0.29, 0.717) is 6.04 Å². The summed E-state index contributed by atoms with van der Waals surface area (Å²) in [7, 11) is 4.31. The molecule has 1 aromatic rings. The van der Waals surface area contributed by atoms with Crippen LogP contribution < -0.4 is 0 Å². The van der Waals surface area contributed by atoms with Crippen LogP contribution in [0, 0.1) is 19.8 Å². The molecule has 0 saturated carbocycles. The molecule has 0 radical (unpaired) electrons. The highest BCUT2D eigenvalue weighted by Crippen LogP contribution is 2.23. The monoisotopic (exact) mass is 222 g/mol. The number of nitrogens with zero attached hydrogens (tertiary/aromatic N) is 2. The normalized spacial score (nSPS) is 13.8. The Morgan fingerprint density at radius 3 is 2.00 bits per heavy atom. The third-order valence-electron chi connectivity index (χ3n) is 3.01. The van der Waals surface area contributed by atoms with Gasteiger partial charge in [-0.2, -0.15) is 0 Å². The van der Waals surface area contributed by atoms with E-state index in [4.69, 9.17) is 0 Å². The highest BCUT2D eigenvalue weighted by molar-refractivity contribution is 5.15. The molecule has 1 unspecified atom stereocenters. The van der Waals surface area contributed by atoms with E-state index in [9.17, 15) is 0 Å². The van der Waals surface area contributed by atoms with Crippen molar-refractivity contribution in [2.75, 3.05) is 20.6 Å². The number of rotatable bonds is 5. The van der Waals surface area contributed by atoms with Crippen LogP contribution in [0.25, 0.3) is 0 Å². The molecule has 1 heterocycles. The fraction of sp³-hybridized carbons (Fsp3) is 0.714. The van der Waals surface area contributed by atoms with E-state index < -0.39 is 0 Å². The summed E-state index contributed by atoms with van der Waals surface area (Å²) < 4.78 is 2.49. The van der Waals surface area contributed by atoms with E-state index in [0.717, 1.165) is 12.5 Å². The van der Waals surface area contributed by atoms with E-state index >= 15 is 0 Å². The van der Waals surface area contributed by atoms with Crippen molar-refractivity contribution in [2.45, 2.75) is 40.2 Å². The van der Waals surface area contributed by atoms with Gasteiger partial charge in [-0.1, -0.05) is 13.8 Å². The van der Waals surface area contributed by atoms with Gasteiger partial charge in [0, 0.05) is 24.0 Å². The SMILES string of the molecule is Cc1ccc(C)n1C(CC(C)C)CN(C)C. The third kappa shape index (κ3) is 3.38. The van der Waals surface area contributed by atoms with Gasteiger partial charge in [-0.15, -0.1) is 0 Å². The maximum atomic E-state index is 2.49. The van der Waals surface area contributed by atoms with Crippen LogP contribution in [-0.2, 0) is 0 Å². The van der Waals surface area contributed by atoms with Gasteiger partial charge in [-0.3, -0.25) is 0 Å². The summed E-state index contributed by atoms with van der Waals surface area (Å²) in [6.45, 7) is 10.1. The van der Waals surface area contributed by atoms with Crippen LogP contribution in [0.2, 0.25) is 0 Å². The fourth-order valence-corrected chi connectivity index (χ4v) is 2.48. The lowest BCUT2D eigenvalue weighted by Gasteiger charge is -2.27. The molecule has 0 spiro atoms. The van der Waals surface area contributed by atoms with Crippen molar-refractivity contribution < 1.29 is 0 Å². The first-order chi connectivity index (χ1) is 7.41. The lowest BCUT2D eigenvalue weighted by Crippen LogP contribution is -2.26. The number of aromatic nitrogens is 1. The summed E-state index contributed by atoms with van der Waals surface area (Å²) in [5, 5.41) is 0. The standard InChI is InChI=1S/C14H26N2/c1-11(2)9-14(10-15(5)6)16-12(3)7-8-13(16)4/h7-8,11,14H,9-10H2,1-6H3. The summed E-state index contributed by atoms with van der Waals surface area (Å²) in [5.74, 6) is 0.742. The Hall–Kier alpha value is -0.760. The van der Waals surface area contributed by atoms with Gasteiger partial charge in [-0.05, 0) is 52.4 Å². The van der Waals surface area contributed by atoms with Crippen LogP contribution in [0.1, 0.15) is 37.7 Å². The number of likely N-dealkylation sites (N-methyl/N-ethyl adjacent to an activating group) is 1. The molecular formula is C14H26N2. The van der Waals surface area contributed by atoms with Crippen LogP contribution in [-0.4, -0.2) is 30.1 Å². The topological polar surface area (TPSA) is 8.17 Å². The van der Waals surface area contributed by atoms with Gasteiger partial charge in [0.05, 0.1) is 0 Å². The zero-order chi connectivity index (χ0) is 12.3. The minimum atomic E-state index is 0.602. The largest absolute Gasteiger partial charge is 0.345 e. The van der Waals surface area contributed by atoms with E-state index in [1.807, 2.05) is 0 Å². The molecule has 0 saturated heterocycles. The average Bonchev–Trinajstić information content (AvgIpc) is 2.43. The number of hydrogen-bond acceptors (Lipinski definition) is 1. The van der Waals surface area contributed by atoms with Crippen molar-refractivity contribution in [1.82, 2.24) is 9.47 Å². The predicted molar refractivity (Wildman–Crippen MR) is 71.0 cm³/mol. The Morgan fingerprint density at radius 1 is 1.12 bits per heavy atom. The predicted octanol–water partition coefficient (Wildman–Crippen LogP) is 3.25. The highest BCUT2D eigenvalue weighted by atomic mass is 15.1. The Bertz CT molecular complexity index is 294. The van der Waals surface area contributed by atoms with Crippen molar-refractivity contribution >= 4 is 0 Å². The van der Waals surface area contributed by atoms with Crippen LogP contribution in [0.5, 0.6) is 0 Å². The molecular weight excluding hydrogens is 196 g/mol. The quantitative estimate of drug-likeness (QED) is 0.742. The van der Waals surface area contributed by atoms with Crippen molar-refractivity contribution in [3.63, 3.8) is 0 Å². The molecule has 1 atom stereocenters. The van der Waals surface area contributed by atoms with Crippen molar-refractivity contribution in [3.05, 3.63) is 23.5 Å². The second-order valence-corrected chi connectivity index (χ2v) is 5.53. The summed E-state index contributed by atoms with van der Waals surface area (Å²) >= 11 is 0. The van der Waals surface area contributed by atoms with Gasteiger partial charge in [0.25, 0.3) is 0 Å². The van der Waals surface area contributed by atoms with Crippen molar-refractivity contribution in [2.24, 2.45) is 5.92 Å². The van der Waals surface area contributed by atoms with Crippen LogP contribution in [0.15, 0.2) is 12.1 Å². The smallest absolute Gasteiger partial charge is 0.0465 e. The Labute approximate surface area is 100 Å². The Kier molecular flexibility index (Phi) is 4.60. The first-order valence-electron chi connectivity index (χ1n) is 6.21. The van der Waals surface area contributed by atoms with E-state index in [1.165, 1.54) is 17.8 Å². The lowest BCUT2D eigenvalue weighted by molar-refractivity contribution is 0.284. The van der Waals surface area contributed by atoms with Gasteiger partial charge < -0.3 is 9.47 Å². The minimum absolute atomic E-state index is 0.602. The molecule has 2 heteroatoms. The molecule has 0 bridgehead atoms. The molecule has 0 aliphatic carbocycles. The molecule has 0 aromatic carbocycles. The zero-order valence-corrected chi connectivity index (χ0v) is 11.6. The van der Waals surface area contributed by atoms with Gasteiger partial charge in [0.1, 0.15) is 0 Å². The van der Waals surface area contributed by atoms with E-state index in [1.54, 1.807) is 0 Å². The van der Waals surface area contributed by atoms with Crippen LogP contribution >= 0.6 is 0 Å². The molecule has 0 N–H and O–H groups in total. The maximum absolute atomic E-state index is 2.49. The van der Waals surface area contributed by atoms with E-state index in [-0.39, 0.29) is 0 Å². The first kappa shape index (κ1) is 13.3. The van der Waals surface area contributed by atoms with Crippen molar-refractivity contribution in [3.8, 4) is 0 Å². The summed E-state index contributed by atoms with van der Waals surface area (Å²) in [5.41, 5.74) is 2.76. The third-order valence-corrected chi connectivity index (χ3v) is 3.01. The van der Waals surface area contributed by atoms with Gasteiger partial charge >= 0.3 is 0 Å². The Balaban J connectivity index is 2.91. The zero-order valence-electron chi connectivity index (χ0n) is 11.6. The summed E-state index contributed by atoms with van der Waals surface area (Å²) in [6, 6.07) is 5.04. The molecule has 2 nitrogen and oxygen atoms in total.